The van der Waals surface area contributed by atoms with Gasteiger partial charge in [-0.3, -0.25) is 0 Å². The van der Waals surface area contributed by atoms with E-state index in [1.807, 2.05) is 0 Å². The maximum Gasteiger partial charge on any atom is 0.0698 e. The van der Waals surface area contributed by atoms with Crippen molar-refractivity contribution in [1.82, 2.24) is 0 Å². The molecule has 0 aliphatic heterocycles. The summed E-state index contributed by atoms with van der Waals surface area (Å²) in [6.07, 6.45) is 6.54. The third-order valence-electron chi connectivity index (χ3n) is 2.88. The molecule has 0 fully saturated rings. The zero-order chi connectivity index (χ0) is 10.2. The molecule has 0 aromatic rings. The SMILES string of the molecule is CCCCCC(CC)(CCO)OC. The minimum atomic E-state index is -0.0656. The third-order valence-corrected chi connectivity index (χ3v) is 2.88. The van der Waals surface area contributed by atoms with E-state index in [0.29, 0.717) is 0 Å². The van der Waals surface area contributed by atoms with Crippen LogP contribution in [0.2, 0.25) is 0 Å². The van der Waals surface area contributed by atoms with Crippen LogP contribution >= 0.6 is 0 Å². The fraction of sp³-hybridized carbons (Fsp3) is 1.00. The van der Waals surface area contributed by atoms with Crippen molar-refractivity contribution in [2.24, 2.45) is 0 Å². The summed E-state index contributed by atoms with van der Waals surface area (Å²) < 4.78 is 5.51. The lowest BCUT2D eigenvalue weighted by molar-refractivity contribution is -0.0392. The highest BCUT2D eigenvalue weighted by Gasteiger charge is 2.25. The zero-order valence-electron chi connectivity index (χ0n) is 9.31. The number of rotatable bonds is 8. The van der Waals surface area contributed by atoms with Crippen LogP contribution < -0.4 is 0 Å². The fourth-order valence-electron chi connectivity index (χ4n) is 1.73. The lowest BCUT2D eigenvalue weighted by Gasteiger charge is -2.30. The van der Waals surface area contributed by atoms with Gasteiger partial charge in [0.2, 0.25) is 0 Å². The van der Waals surface area contributed by atoms with Crippen LogP contribution in [-0.4, -0.2) is 24.4 Å². The molecule has 2 heteroatoms. The molecular weight excluding hydrogens is 164 g/mol. The van der Waals surface area contributed by atoms with E-state index in [4.69, 9.17) is 9.84 Å². The Labute approximate surface area is 82.3 Å². The van der Waals surface area contributed by atoms with Crippen molar-refractivity contribution in [1.29, 1.82) is 0 Å². The predicted octanol–water partition coefficient (Wildman–Crippen LogP) is 2.74. The number of hydrogen-bond donors (Lipinski definition) is 1. The molecule has 13 heavy (non-hydrogen) atoms. The van der Waals surface area contributed by atoms with Crippen LogP contribution in [0.1, 0.15) is 52.4 Å². The van der Waals surface area contributed by atoms with Gasteiger partial charge < -0.3 is 9.84 Å². The average molecular weight is 188 g/mol. The average Bonchev–Trinajstić information content (AvgIpc) is 2.17. The van der Waals surface area contributed by atoms with Gasteiger partial charge in [0, 0.05) is 13.7 Å². The smallest absolute Gasteiger partial charge is 0.0698 e. The Morgan fingerprint density at radius 1 is 1.15 bits per heavy atom. The van der Waals surface area contributed by atoms with Crippen molar-refractivity contribution >= 4 is 0 Å². The van der Waals surface area contributed by atoms with E-state index in [0.717, 1.165) is 19.3 Å². The molecule has 1 N–H and O–H groups in total. The maximum atomic E-state index is 8.94. The second-order valence-corrected chi connectivity index (χ2v) is 3.67. The van der Waals surface area contributed by atoms with Gasteiger partial charge in [-0.25, -0.2) is 0 Å². The first-order chi connectivity index (χ1) is 6.24. The van der Waals surface area contributed by atoms with Crippen LogP contribution in [0.4, 0.5) is 0 Å². The minimum absolute atomic E-state index is 0.0656. The van der Waals surface area contributed by atoms with Gasteiger partial charge in [-0.1, -0.05) is 33.1 Å². The first kappa shape index (κ1) is 12.9. The molecule has 0 saturated heterocycles. The van der Waals surface area contributed by atoms with Gasteiger partial charge in [-0.05, 0) is 19.3 Å². The number of hydrogen-bond acceptors (Lipinski definition) is 2. The molecule has 1 unspecified atom stereocenters. The van der Waals surface area contributed by atoms with E-state index in [1.165, 1.54) is 19.3 Å². The van der Waals surface area contributed by atoms with Gasteiger partial charge in [-0.15, -0.1) is 0 Å². The molecule has 0 amide bonds. The maximum absolute atomic E-state index is 8.94. The van der Waals surface area contributed by atoms with Crippen LogP contribution in [0, 0.1) is 0 Å². The molecule has 0 bridgehead atoms. The highest BCUT2D eigenvalue weighted by atomic mass is 16.5. The summed E-state index contributed by atoms with van der Waals surface area (Å²) in [4.78, 5) is 0. The molecule has 0 aromatic heterocycles. The minimum Gasteiger partial charge on any atom is -0.396 e. The lowest BCUT2D eigenvalue weighted by Crippen LogP contribution is -2.31. The third kappa shape index (κ3) is 4.63. The summed E-state index contributed by atoms with van der Waals surface area (Å²) in [5, 5.41) is 8.94. The Hall–Kier alpha value is -0.0800. The highest BCUT2D eigenvalue weighted by Crippen LogP contribution is 2.26. The normalized spacial score (nSPS) is 15.7. The number of aliphatic hydroxyl groups excluding tert-OH is 1. The molecule has 0 heterocycles. The Bertz CT molecular complexity index is 109. The first-order valence-electron chi connectivity index (χ1n) is 5.40. The number of unbranched alkanes of at least 4 members (excludes halogenated alkanes) is 2. The molecule has 0 aromatic carbocycles. The zero-order valence-corrected chi connectivity index (χ0v) is 9.31. The lowest BCUT2D eigenvalue weighted by atomic mass is 9.90. The molecule has 0 saturated carbocycles. The van der Waals surface area contributed by atoms with E-state index < -0.39 is 0 Å². The van der Waals surface area contributed by atoms with Gasteiger partial charge in [-0.2, -0.15) is 0 Å². The predicted molar refractivity (Wildman–Crippen MR) is 55.9 cm³/mol. The van der Waals surface area contributed by atoms with Gasteiger partial charge in [0.1, 0.15) is 0 Å². The standard InChI is InChI=1S/C11H24O2/c1-4-6-7-8-11(5-2,13-3)9-10-12/h12H,4-10H2,1-3H3. The Balaban J connectivity index is 3.89. The summed E-state index contributed by atoms with van der Waals surface area (Å²) in [5.74, 6) is 0. The summed E-state index contributed by atoms with van der Waals surface area (Å²) >= 11 is 0. The van der Waals surface area contributed by atoms with Gasteiger partial charge in [0.15, 0.2) is 0 Å². The Morgan fingerprint density at radius 2 is 1.85 bits per heavy atom. The second kappa shape index (κ2) is 7.34. The quantitative estimate of drug-likeness (QED) is 0.593. The Kier molecular flexibility index (Phi) is 7.29. The van der Waals surface area contributed by atoms with Crippen LogP contribution in [0.25, 0.3) is 0 Å². The van der Waals surface area contributed by atoms with E-state index in [-0.39, 0.29) is 12.2 Å². The molecule has 80 valence electrons. The van der Waals surface area contributed by atoms with Gasteiger partial charge >= 0.3 is 0 Å². The van der Waals surface area contributed by atoms with Gasteiger partial charge in [0.25, 0.3) is 0 Å². The number of aliphatic hydroxyl groups is 1. The molecule has 0 spiro atoms. The molecule has 1 atom stereocenters. The molecular formula is C11H24O2. The van der Waals surface area contributed by atoms with E-state index in [2.05, 4.69) is 13.8 Å². The second-order valence-electron chi connectivity index (χ2n) is 3.67. The first-order valence-corrected chi connectivity index (χ1v) is 5.40. The van der Waals surface area contributed by atoms with Crippen LogP contribution in [0.5, 0.6) is 0 Å². The summed E-state index contributed by atoms with van der Waals surface area (Å²) in [6.45, 7) is 4.56. The van der Waals surface area contributed by atoms with Crippen molar-refractivity contribution in [2.45, 2.75) is 58.0 Å². The molecule has 0 rings (SSSR count). The monoisotopic (exact) mass is 188 g/mol. The van der Waals surface area contributed by atoms with E-state index >= 15 is 0 Å². The number of ether oxygens (including phenoxy) is 1. The summed E-state index contributed by atoms with van der Waals surface area (Å²) in [7, 11) is 1.76. The van der Waals surface area contributed by atoms with E-state index in [1.54, 1.807) is 7.11 Å². The summed E-state index contributed by atoms with van der Waals surface area (Å²) in [6, 6.07) is 0. The van der Waals surface area contributed by atoms with Gasteiger partial charge in [0.05, 0.1) is 5.60 Å². The molecule has 2 nitrogen and oxygen atoms in total. The summed E-state index contributed by atoms with van der Waals surface area (Å²) in [5.41, 5.74) is -0.0656. The fourth-order valence-corrected chi connectivity index (χ4v) is 1.73. The van der Waals surface area contributed by atoms with Crippen molar-refractivity contribution in [2.75, 3.05) is 13.7 Å². The Morgan fingerprint density at radius 3 is 2.23 bits per heavy atom. The van der Waals surface area contributed by atoms with Crippen molar-refractivity contribution in [3.05, 3.63) is 0 Å². The van der Waals surface area contributed by atoms with Crippen molar-refractivity contribution in [3.8, 4) is 0 Å². The highest BCUT2D eigenvalue weighted by molar-refractivity contribution is 4.78. The topological polar surface area (TPSA) is 29.5 Å². The van der Waals surface area contributed by atoms with Crippen LogP contribution in [0.15, 0.2) is 0 Å². The molecule has 0 aliphatic rings. The van der Waals surface area contributed by atoms with E-state index in [9.17, 15) is 0 Å². The van der Waals surface area contributed by atoms with Crippen molar-refractivity contribution in [3.63, 3.8) is 0 Å². The molecule has 0 radical (unpaired) electrons. The van der Waals surface area contributed by atoms with Crippen molar-refractivity contribution < 1.29 is 9.84 Å². The molecule has 0 aliphatic carbocycles. The van der Waals surface area contributed by atoms with Crippen LogP contribution in [0.3, 0.4) is 0 Å². The van der Waals surface area contributed by atoms with Crippen LogP contribution in [-0.2, 0) is 4.74 Å². The largest absolute Gasteiger partial charge is 0.396 e. The number of methoxy groups -OCH3 is 1.